The SMILES string of the molecule is CCCCCCCC/C=C\CCCCCCCC(=O)N(C(=O)CCCCCCC/C=C\CCCCCCCC)[C@@H](CC(N)=O)C(N)=O. The molecule has 0 unspecified atom stereocenters. The Morgan fingerprint density at radius 2 is 0.766 bits per heavy atom. The van der Waals surface area contributed by atoms with Crippen molar-refractivity contribution in [2.45, 2.75) is 206 Å². The van der Waals surface area contributed by atoms with E-state index in [-0.39, 0.29) is 12.8 Å². The number of hydrogen-bond donors (Lipinski definition) is 2. The molecule has 0 rings (SSSR count). The Morgan fingerprint density at radius 1 is 0.468 bits per heavy atom. The number of rotatable bonds is 34. The number of unbranched alkanes of at least 4 members (excludes halogenated alkanes) is 22. The van der Waals surface area contributed by atoms with E-state index in [2.05, 4.69) is 38.2 Å². The lowest BCUT2D eigenvalue weighted by Crippen LogP contribution is -2.52. The van der Waals surface area contributed by atoms with Crippen LogP contribution < -0.4 is 11.5 Å². The summed E-state index contributed by atoms with van der Waals surface area (Å²) in [6.45, 7) is 4.49. The normalized spacial score (nSPS) is 12.2. The first-order valence-corrected chi connectivity index (χ1v) is 19.6. The minimum absolute atomic E-state index is 0.152. The van der Waals surface area contributed by atoms with Crippen molar-refractivity contribution in [3.05, 3.63) is 24.3 Å². The van der Waals surface area contributed by atoms with Gasteiger partial charge in [0.15, 0.2) is 0 Å². The van der Waals surface area contributed by atoms with Gasteiger partial charge in [0.2, 0.25) is 23.6 Å². The second kappa shape index (κ2) is 33.5. The maximum absolute atomic E-state index is 13.1. The largest absolute Gasteiger partial charge is 0.370 e. The van der Waals surface area contributed by atoms with Crippen molar-refractivity contribution in [3.8, 4) is 0 Å². The van der Waals surface area contributed by atoms with Gasteiger partial charge in [0.1, 0.15) is 6.04 Å². The van der Waals surface area contributed by atoms with Gasteiger partial charge in [-0.25, -0.2) is 0 Å². The molecule has 0 saturated heterocycles. The predicted octanol–water partition coefficient (Wildman–Crippen LogP) is 10.1. The quantitative estimate of drug-likeness (QED) is 0.0527. The van der Waals surface area contributed by atoms with Gasteiger partial charge in [0, 0.05) is 12.8 Å². The average molecular weight is 660 g/mol. The zero-order valence-corrected chi connectivity index (χ0v) is 30.6. The highest BCUT2D eigenvalue weighted by molar-refractivity contribution is 6.01. The van der Waals surface area contributed by atoms with E-state index in [4.69, 9.17) is 11.5 Å². The van der Waals surface area contributed by atoms with Gasteiger partial charge in [-0.1, -0.05) is 141 Å². The lowest BCUT2D eigenvalue weighted by Gasteiger charge is -2.27. The Kier molecular flexibility index (Phi) is 31.7. The number of nitrogens with zero attached hydrogens (tertiary/aromatic N) is 1. The van der Waals surface area contributed by atoms with E-state index in [0.717, 1.165) is 69.1 Å². The van der Waals surface area contributed by atoms with Crippen LogP contribution in [0.25, 0.3) is 0 Å². The molecular weight excluding hydrogens is 586 g/mol. The lowest BCUT2D eigenvalue weighted by molar-refractivity contribution is -0.152. The first-order chi connectivity index (χ1) is 22.8. The van der Waals surface area contributed by atoms with Gasteiger partial charge in [-0.2, -0.15) is 0 Å². The molecule has 47 heavy (non-hydrogen) atoms. The number of primary amides is 2. The molecule has 0 heterocycles. The zero-order chi connectivity index (χ0) is 34.8. The fourth-order valence-corrected chi connectivity index (χ4v) is 5.93. The third-order valence-electron chi connectivity index (χ3n) is 8.88. The molecule has 0 aliphatic rings. The summed E-state index contributed by atoms with van der Waals surface area (Å²) in [7, 11) is 0. The molecule has 0 aromatic rings. The Balaban J connectivity index is 4.33. The Morgan fingerprint density at radius 3 is 1.06 bits per heavy atom. The molecular formula is C40H73N3O4. The highest BCUT2D eigenvalue weighted by Gasteiger charge is 2.33. The van der Waals surface area contributed by atoms with Gasteiger partial charge in [-0.05, 0) is 64.2 Å². The van der Waals surface area contributed by atoms with Gasteiger partial charge < -0.3 is 11.5 Å². The average Bonchev–Trinajstić information content (AvgIpc) is 3.04. The number of carbonyl (C=O) groups is 4. The summed E-state index contributed by atoms with van der Waals surface area (Å²) in [5.74, 6) is -2.52. The molecule has 0 fully saturated rings. The van der Waals surface area contributed by atoms with Crippen LogP contribution in [0.3, 0.4) is 0 Å². The molecule has 0 radical (unpaired) electrons. The number of carbonyl (C=O) groups excluding carboxylic acids is 4. The highest BCUT2D eigenvalue weighted by Crippen LogP contribution is 2.16. The smallest absolute Gasteiger partial charge is 0.241 e. The number of imide groups is 1. The summed E-state index contributed by atoms with van der Waals surface area (Å²) in [6.07, 6.45) is 39.0. The summed E-state index contributed by atoms with van der Waals surface area (Å²) in [5.41, 5.74) is 10.9. The highest BCUT2D eigenvalue weighted by atomic mass is 16.2. The van der Waals surface area contributed by atoms with Crippen molar-refractivity contribution < 1.29 is 19.2 Å². The van der Waals surface area contributed by atoms with Crippen molar-refractivity contribution in [1.29, 1.82) is 0 Å². The maximum Gasteiger partial charge on any atom is 0.241 e. The second-order valence-electron chi connectivity index (χ2n) is 13.4. The molecule has 0 spiro atoms. The van der Waals surface area contributed by atoms with E-state index < -0.39 is 36.1 Å². The van der Waals surface area contributed by atoms with E-state index in [1.54, 1.807) is 0 Å². The monoisotopic (exact) mass is 660 g/mol. The Hall–Kier alpha value is -2.44. The van der Waals surface area contributed by atoms with Crippen LogP contribution >= 0.6 is 0 Å². The van der Waals surface area contributed by atoms with Crippen LogP contribution in [0.1, 0.15) is 200 Å². The zero-order valence-electron chi connectivity index (χ0n) is 30.6. The first kappa shape index (κ1) is 44.6. The van der Waals surface area contributed by atoms with Crippen LogP contribution in [0.15, 0.2) is 24.3 Å². The molecule has 7 nitrogen and oxygen atoms in total. The fourth-order valence-electron chi connectivity index (χ4n) is 5.93. The predicted molar refractivity (Wildman–Crippen MR) is 198 cm³/mol. The molecule has 272 valence electrons. The van der Waals surface area contributed by atoms with Crippen molar-refractivity contribution in [3.63, 3.8) is 0 Å². The van der Waals surface area contributed by atoms with Gasteiger partial charge in [-0.15, -0.1) is 0 Å². The Bertz CT molecular complexity index is 802. The maximum atomic E-state index is 13.1. The molecule has 0 aromatic heterocycles. The van der Waals surface area contributed by atoms with E-state index in [1.807, 2.05) is 0 Å². The third-order valence-corrected chi connectivity index (χ3v) is 8.88. The fraction of sp³-hybridized carbons (Fsp3) is 0.800. The topological polar surface area (TPSA) is 124 Å². The van der Waals surface area contributed by atoms with Crippen LogP contribution in [0.4, 0.5) is 0 Å². The summed E-state index contributed by atoms with van der Waals surface area (Å²) in [6, 6.07) is -1.32. The molecule has 0 aromatic carbocycles. The molecule has 0 saturated carbocycles. The lowest BCUT2D eigenvalue weighted by atomic mass is 10.0. The third kappa shape index (κ3) is 28.3. The summed E-state index contributed by atoms with van der Waals surface area (Å²) < 4.78 is 0. The number of nitrogens with two attached hydrogens (primary N) is 2. The van der Waals surface area contributed by atoms with Crippen molar-refractivity contribution >= 4 is 23.6 Å². The van der Waals surface area contributed by atoms with Crippen LogP contribution in [-0.4, -0.2) is 34.6 Å². The molecule has 4 N–H and O–H groups in total. The minimum Gasteiger partial charge on any atom is -0.370 e. The van der Waals surface area contributed by atoms with Crippen molar-refractivity contribution in [2.75, 3.05) is 0 Å². The van der Waals surface area contributed by atoms with Gasteiger partial charge in [-0.3, -0.25) is 24.1 Å². The first-order valence-electron chi connectivity index (χ1n) is 19.6. The molecule has 7 heteroatoms. The number of allylic oxidation sites excluding steroid dienone is 4. The van der Waals surface area contributed by atoms with Crippen LogP contribution in [0.5, 0.6) is 0 Å². The van der Waals surface area contributed by atoms with Crippen molar-refractivity contribution in [1.82, 2.24) is 4.90 Å². The van der Waals surface area contributed by atoms with E-state index in [1.165, 1.54) is 89.9 Å². The van der Waals surface area contributed by atoms with Gasteiger partial charge in [0.25, 0.3) is 0 Å². The number of hydrogen-bond acceptors (Lipinski definition) is 4. The van der Waals surface area contributed by atoms with Crippen LogP contribution in [0, 0.1) is 0 Å². The second-order valence-corrected chi connectivity index (χ2v) is 13.4. The van der Waals surface area contributed by atoms with Crippen LogP contribution in [-0.2, 0) is 19.2 Å². The standard InChI is InChI=1S/C40H73N3O4/c1-3-5-7-9-11-13-15-17-19-21-23-25-27-29-31-33-38(45)43(36(40(42)47)35-37(41)44)39(46)34-32-30-28-26-24-22-20-18-16-14-12-10-8-6-4-2/h17-20,36H,3-16,21-35H2,1-2H3,(H2,41,44)(H2,42,47)/b19-17-,20-18-/t36-/m0/s1. The molecule has 4 amide bonds. The van der Waals surface area contributed by atoms with Crippen molar-refractivity contribution in [2.24, 2.45) is 11.5 Å². The number of amides is 4. The van der Waals surface area contributed by atoms with Gasteiger partial charge >= 0.3 is 0 Å². The summed E-state index contributed by atoms with van der Waals surface area (Å²) in [5, 5.41) is 0. The minimum atomic E-state index is -1.32. The van der Waals surface area contributed by atoms with Gasteiger partial charge in [0.05, 0.1) is 6.42 Å². The van der Waals surface area contributed by atoms with E-state index in [9.17, 15) is 19.2 Å². The molecule has 0 aliphatic carbocycles. The molecule has 0 bridgehead atoms. The summed E-state index contributed by atoms with van der Waals surface area (Å²) in [4.78, 5) is 51.0. The molecule has 0 aliphatic heterocycles. The van der Waals surface area contributed by atoms with E-state index >= 15 is 0 Å². The van der Waals surface area contributed by atoms with Crippen LogP contribution in [0.2, 0.25) is 0 Å². The Labute approximate surface area is 289 Å². The van der Waals surface area contributed by atoms with E-state index in [0.29, 0.717) is 12.8 Å². The molecule has 1 atom stereocenters. The summed E-state index contributed by atoms with van der Waals surface area (Å²) >= 11 is 0.